The van der Waals surface area contributed by atoms with E-state index in [-0.39, 0.29) is 42.4 Å². The van der Waals surface area contributed by atoms with E-state index in [0.29, 0.717) is 25.7 Å². The maximum Gasteiger partial charge on any atom is 0.407 e. The largest absolute Gasteiger partial charge is 0.481 e. The normalized spacial score (nSPS) is 25.4. The van der Waals surface area contributed by atoms with Crippen LogP contribution in [0.25, 0.3) is 11.1 Å². The van der Waals surface area contributed by atoms with E-state index in [2.05, 4.69) is 34.9 Å². The van der Waals surface area contributed by atoms with E-state index >= 15 is 0 Å². The van der Waals surface area contributed by atoms with Crippen molar-refractivity contribution in [3.05, 3.63) is 59.7 Å². The lowest BCUT2D eigenvalue weighted by Crippen LogP contribution is -2.44. The Balaban J connectivity index is 1.13. The number of benzene rings is 2. The molecule has 3 aliphatic carbocycles. The number of ether oxygens (including phenoxy) is 1. The lowest BCUT2D eigenvalue weighted by Gasteiger charge is -2.29. The van der Waals surface area contributed by atoms with Crippen LogP contribution in [-0.4, -0.2) is 41.8 Å². The molecule has 2 saturated carbocycles. The van der Waals surface area contributed by atoms with Crippen molar-refractivity contribution in [3.63, 3.8) is 0 Å². The quantitative estimate of drug-likeness (QED) is 0.571. The van der Waals surface area contributed by atoms with Gasteiger partial charge in [0.1, 0.15) is 6.61 Å². The first-order valence-corrected chi connectivity index (χ1v) is 12.6. The molecule has 0 heterocycles. The van der Waals surface area contributed by atoms with Crippen LogP contribution in [0.2, 0.25) is 0 Å². The van der Waals surface area contributed by atoms with Crippen LogP contribution in [0.4, 0.5) is 4.79 Å². The smallest absolute Gasteiger partial charge is 0.407 e. The Bertz CT molecular complexity index is 1070. The molecule has 4 atom stereocenters. The molecular formula is C28H32N2O5. The number of nitrogens with one attached hydrogen (secondary N) is 2. The summed E-state index contributed by atoms with van der Waals surface area (Å²) < 4.78 is 5.67. The van der Waals surface area contributed by atoms with Gasteiger partial charge < -0.3 is 20.5 Å². The molecule has 3 aliphatic rings. The number of fused-ring (bicyclic) bond motifs is 3. The minimum Gasteiger partial charge on any atom is -0.481 e. The second-order valence-corrected chi connectivity index (χ2v) is 10.1. The zero-order chi connectivity index (χ0) is 24.4. The first-order chi connectivity index (χ1) is 17.0. The fourth-order valence-corrected chi connectivity index (χ4v) is 6.02. The SMILES string of the molecule is O=C(NC1CCCC(C(=O)N[C@@H]2CC[C@H](C(=O)O)C2)C1)OCC1c2ccccc2-c2ccccc21. The molecule has 35 heavy (non-hydrogen) atoms. The summed E-state index contributed by atoms with van der Waals surface area (Å²) in [6.45, 7) is 0.267. The summed E-state index contributed by atoms with van der Waals surface area (Å²) in [5.74, 6) is -1.34. The van der Waals surface area contributed by atoms with Gasteiger partial charge in [-0.25, -0.2) is 4.79 Å². The molecule has 3 N–H and O–H groups in total. The van der Waals surface area contributed by atoms with Crippen molar-refractivity contribution in [1.82, 2.24) is 10.6 Å². The van der Waals surface area contributed by atoms with Crippen LogP contribution < -0.4 is 10.6 Å². The molecule has 2 amide bonds. The zero-order valence-electron chi connectivity index (χ0n) is 19.7. The number of amides is 2. The minimum atomic E-state index is -0.785. The number of hydrogen-bond donors (Lipinski definition) is 3. The zero-order valence-corrected chi connectivity index (χ0v) is 19.7. The number of carbonyl (C=O) groups is 3. The highest BCUT2D eigenvalue weighted by Crippen LogP contribution is 2.44. The predicted octanol–water partition coefficient (Wildman–Crippen LogP) is 4.45. The van der Waals surface area contributed by atoms with Gasteiger partial charge >= 0.3 is 12.1 Å². The maximum atomic E-state index is 12.8. The topological polar surface area (TPSA) is 105 Å². The Labute approximate surface area is 205 Å². The number of carbonyl (C=O) groups excluding carboxylic acids is 2. The maximum absolute atomic E-state index is 12.8. The minimum absolute atomic E-state index is 0.0130. The predicted molar refractivity (Wildman–Crippen MR) is 131 cm³/mol. The molecule has 0 bridgehead atoms. The fourth-order valence-electron chi connectivity index (χ4n) is 6.02. The highest BCUT2D eigenvalue weighted by atomic mass is 16.5. The van der Waals surface area contributed by atoms with Gasteiger partial charge in [-0.15, -0.1) is 0 Å². The lowest BCUT2D eigenvalue weighted by atomic mass is 9.85. The Morgan fingerprint density at radius 2 is 1.43 bits per heavy atom. The van der Waals surface area contributed by atoms with E-state index in [1.807, 2.05) is 24.3 Å². The van der Waals surface area contributed by atoms with Gasteiger partial charge in [-0.2, -0.15) is 0 Å². The molecule has 0 aliphatic heterocycles. The van der Waals surface area contributed by atoms with Crippen LogP contribution in [0.5, 0.6) is 0 Å². The summed E-state index contributed by atoms with van der Waals surface area (Å²) in [6, 6.07) is 16.3. The third-order valence-electron chi connectivity index (χ3n) is 7.84. The van der Waals surface area contributed by atoms with Crippen LogP contribution in [0.1, 0.15) is 62.0 Å². The Hall–Kier alpha value is -3.35. The van der Waals surface area contributed by atoms with E-state index in [9.17, 15) is 19.5 Å². The number of rotatable bonds is 6. The lowest BCUT2D eigenvalue weighted by molar-refractivity contribution is -0.141. The number of aliphatic carboxylic acids is 1. The summed E-state index contributed by atoms with van der Waals surface area (Å²) in [5.41, 5.74) is 4.73. The molecule has 0 aromatic heterocycles. The van der Waals surface area contributed by atoms with Crippen molar-refractivity contribution in [1.29, 1.82) is 0 Å². The van der Waals surface area contributed by atoms with E-state index < -0.39 is 12.1 Å². The van der Waals surface area contributed by atoms with Gasteiger partial charge in [-0.3, -0.25) is 9.59 Å². The average Bonchev–Trinajstić information content (AvgIpc) is 3.46. The molecule has 7 nitrogen and oxygen atoms in total. The number of carboxylic acids is 1. The van der Waals surface area contributed by atoms with Gasteiger partial charge in [0.2, 0.25) is 5.91 Å². The summed E-state index contributed by atoms with van der Waals surface area (Å²) in [7, 11) is 0. The highest BCUT2D eigenvalue weighted by molar-refractivity contribution is 5.80. The van der Waals surface area contributed by atoms with E-state index in [4.69, 9.17) is 4.74 Å². The Kier molecular flexibility index (Phi) is 6.75. The standard InChI is InChI=1S/C28H32N2O5/c31-26(29-20-13-12-18(15-20)27(32)33)17-6-5-7-19(14-17)30-28(34)35-16-25-23-10-3-1-8-21(23)22-9-2-4-11-24(22)25/h1-4,8-11,17-20,25H,5-7,12-16H2,(H,29,31)(H,30,34)(H,32,33)/t17?,18-,19?,20+/m0/s1. The number of hydrogen-bond acceptors (Lipinski definition) is 4. The van der Waals surface area contributed by atoms with Gasteiger partial charge in [0, 0.05) is 23.9 Å². The molecule has 2 aromatic rings. The Morgan fingerprint density at radius 1 is 0.800 bits per heavy atom. The molecule has 0 spiro atoms. The average molecular weight is 477 g/mol. The molecule has 2 unspecified atom stereocenters. The summed E-state index contributed by atoms with van der Waals surface area (Å²) >= 11 is 0. The molecule has 5 rings (SSSR count). The molecule has 0 saturated heterocycles. The van der Waals surface area contributed by atoms with E-state index in [1.54, 1.807) is 0 Å². The van der Waals surface area contributed by atoms with Crippen LogP contribution in [0.3, 0.4) is 0 Å². The van der Waals surface area contributed by atoms with Gasteiger partial charge in [-0.05, 0) is 60.8 Å². The second-order valence-electron chi connectivity index (χ2n) is 10.1. The van der Waals surface area contributed by atoms with E-state index in [1.165, 1.54) is 22.3 Å². The second kappa shape index (κ2) is 10.1. The monoisotopic (exact) mass is 476 g/mol. The van der Waals surface area contributed by atoms with Crippen molar-refractivity contribution < 1.29 is 24.2 Å². The number of alkyl carbamates (subject to hydrolysis) is 1. The Morgan fingerprint density at radius 3 is 2.09 bits per heavy atom. The molecule has 184 valence electrons. The van der Waals surface area contributed by atoms with Crippen LogP contribution in [0, 0.1) is 11.8 Å². The van der Waals surface area contributed by atoms with E-state index in [0.717, 1.165) is 19.3 Å². The fraction of sp³-hybridized carbons (Fsp3) is 0.464. The highest BCUT2D eigenvalue weighted by Gasteiger charge is 2.34. The van der Waals surface area contributed by atoms with Gasteiger partial charge in [-0.1, -0.05) is 55.0 Å². The third-order valence-corrected chi connectivity index (χ3v) is 7.84. The molecule has 2 aromatic carbocycles. The first kappa shape index (κ1) is 23.4. The summed E-state index contributed by atoms with van der Waals surface area (Å²) in [5, 5.41) is 15.2. The van der Waals surface area contributed by atoms with Crippen molar-refractivity contribution in [2.45, 2.75) is 62.9 Å². The van der Waals surface area contributed by atoms with Gasteiger partial charge in [0.25, 0.3) is 0 Å². The van der Waals surface area contributed by atoms with Crippen LogP contribution in [0.15, 0.2) is 48.5 Å². The molecule has 2 fully saturated rings. The van der Waals surface area contributed by atoms with Crippen molar-refractivity contribution in [2.75, 3.05) is 6.61 Å². The summed E-state index contributed by atoms with van der Waals surface area (Å²) in [6.07, 6.45) is 4.39. The van der Waals surface area contributed by atoms with Crippen molar-refractivity contribution in [3.8, 4) is 11.1 Å². The summed E-state index contributed by atoms with van der Waals surface area (Å²) in [4.78, 5) is 36.6. The number of carboxylic acid groups (broad SMARTS) is 1. The van der Waals surface area contributed by atoms with Crippen molar-refractivity contribution >= 4 is 18.0 Å². The molecular weight excluding hydrogens is 444 g/mol. The first-order valence-electron chi connectivity index (χ1n) is 12.6. The molecule has 7 heteroatoms. The van der Waals surface area contributed by atoms with Crippen LogP contribution in [-0.2, 0) is 14.3 Å². The third kappa shape index (κ3) is 5.04. The van der Waals surface area contributed by atoms with Crippen LogP contribution >= 0.6 is 0 Å². The van der Waals surface area contributed by atoms with Crippen molar-refractivity contribution in [2.24, 2.45) is 11.8 Å². The van der Waals surface area contributed by atoms with Gasteiger partial charge in [0.05, 0.1) is 5.92 Å². The van der Waals surface area contributed by atoms with Gasteiger partial charge in [0.15, 0.2) is 0 Å². The molecule has 0 radical (unpaired) electrons.